The van der Waals surface area contributed by atoms with Gasteiger partial charge in [0.2, 0.25) is 0 Å². The average molecular weight is 666 g/mol. The highest BCUT2D eigenvalue weighted by atomic mass is 16.8. The highest BCUT2D eigenvalue weighted by Gasteiger charge is 2.54. The van der Waals surface area contributed by atoms with Gasteiger partial charge in [0.15, 0.2) is 25.2 Å². The first-order chi connectivity index (χ1) is 21.3. The van der Waals surface area contributed by atoms with Crippen molar-refractivity contribution < 1.29 is 99.5 Å². The molecule has 4 aliphatic rings. The van der Waals surface area contributed by atoms with Crippen LogP contribution < -0.4 is 5.73 Å². The molecule has 4 heterocycles. The van der Waals surface area contributed by atoms with Gasteiger partial charge >= 0.3 is 0 Å². The summed E-state index contributed by atoms with van der Waals surface area (Å²) in [5, 5.41) is 133. The van der Waals surface area contributed by atoms with E-state index in [4.69, 9.17) is 38.9 Å². The molecule has 0 amide bonds. The van der Waals surface area contributed by atoms with Crippen molar-refractivity contribution in [1.82, 2.24) is 0 Å². The van der Waals surface area contributed by atoms with E-state index >= 15 is 0 Å². The lowest BCUT2D eigenvalue weighted by Crippen LogP contribution is -2.68. The Balaban J connectivity index is 1.43. The number of ether oxygens (including phenoxy) is 7. The number of hydrogen-bond acceptors (Lipinski definition) is 21. The molecule has 1 unspecified atom stereocenters. The number of hydrogen-bond donors (Lipinski definition) is 14. The molecule has 21 heteroatoms. The molecule has 0 bridgehead atoms. The highest BCUT2D eigenvalue weighted by molar-refractivity contribution is 4.98. The third kappa shape index (κ3) is 7.44. The highest BCUT2D eigenvalue weighted by Crippen LogP contribution is 2.33. The first-order valence-corrected chi connectivity index (χ1v) is 14.2. The number of nitrogens with two attached hydrogens (primary N) is 1. The van der Waals surface area contributed by atoms with E-state index < -0.39 is 149 Å². The first kappa shape index (κ1) is 37.0. The zero-order valence-electron chi connectivity index (χ0n) is 23.6. The van der Waals surface area contributed by atoms with Crippen LogP contribution in [0.25, 0.3) is 0 Å². The molecule has 15 N–H and O–H groups in total. The molecule has 4 saturated heterocycles. The Bertz CT molecular complexity index is 916. The molecule has 21 nitrogen and oxygen atoms in total. The van der Waals surface area contributed by atoms with Crippen molar-refractivity contribution in [2.75, 3.05) is 26.4 Å². The predicted octanol–water partition coefficient (Wildman–Crippen LogP) is -9.78. The minimum absolute atomic E-state index is 0.752. The molecule has 0 aromatic carbocycles. The quantitative estimate of drug-likeness (QED) is 0.103. The van der Waals surface area contributed by atoms with Gasteiger partial charge in [-0.25, -0.2) is 0 Å². The lowest BCUT2D eigenvalue weighted by molar-refractivity contribution is -0.385. The van der Waals surface area contributed by atoms with Gasteiger partial charge in [-0.15, -0.1) is 0 Å². The van der Waals surface area contributed by atoms with Gasteiger partial charge in [-0.1, -0.05) is 0 Å². The Labute approximate surface area is 255 Å². The summed E-state index contributed by atoms with van der Waals surface area (Å²) in [6.45, 7) is -3.29. The van der Waals surface area contributed by atoms with Crippen molar-refractivity contribution in [3.63, 3.8) is 0 Å². The van der Waals surface area contributed by atoms with Crippen molar-refractivity contribution in [2.24, 2.45) is 5.73 Å². The number of aliphatic hydroxyl groups is 13. The molecule has 4 rings (SSSR count). The Morgan fingerprint density at radius 1 is 0.400 bits per heavy atom. The van der Waals surface area contributed by atoms with Crippen LogP contribution in [0.15, 0.2) is 0 Å². The van der Waals surface area contributed by atoms with Crippen LogP contribution in [0.1, 0.15) is 0 Å². The van der Waals surface area contributed by atoms with Crippen LogP contribution in [-0.2, 0) is 33.2 Å². The van der Waals surface area contributed by atoms with Crippen molar-refractivity contribution in [1.29, 1.82) is 0 Å². The number of rotatable bonds is 10. The lowest BCUT2D eigenvalue weighted by atomic mass is 9.95. The largest absolute Gasteiger partial charge is 0.394 e. The van der Waals surface area contributed by atoms with Gasteiger partial charge in [-0.3, -0.25) is 0 Å². The Hall–Kier alpha value is -0.840. The molecular formula is C24H43NO20. The van der Waals surface area contributed by atoms with E-state index in [1.54, 1.807) is 0 Å². The van der Waals surface area contributed by atoms with Gasteiger partial charge < -0.3 is 105 Å². The summed E-state index contributed by atoms with van der Waals surface area (Å²) in [7, 11) is 0. The van der Waals surface area contributed by atoms with Crippen LogP contribution in [0.4, 0.5) is 0 Å². The van der Waals surface area contributed by atoms with Crippen LogP contribution in [0.5, 0.6) is 0 Å². The summed E-state index contributed by atoms with van der Waals surface area (Å²) in [6, 6.07) is -1.38. The molecule has 0 aromatic rings. The van der Waals surface area contributed by atoms with Gasteiger partial charge in [0.1, 0.15) is 91.6 Å². The van der Waals surface area contributed by atoms with Crippen LogP contribution in [0.2, 0.25) is 0 Å². The molecule has 0 aromatic heterocycles. The number of aliphatic hydroxyl groups excluding tert-OH is 13. The van der Waals surface area contributed by atoms with Gasteiger partial charge in [0.05, 0.1) is 32.5 Å². The van der Waals surface area contributed by atoms with E-state index in [1.165, 1.54) is 0 Å². The smallest absolute Gasteiger partial charge is 0.187 e. The van der Waals surface area contributed by atoms with Crippen molar-refractivity contribution >= 4 is 0 Å². The van der Waals surface area contributed by atoms with Crippen molar-refractivity contribution in [3.05, 3.63) is 0 Å². The van der Waals surface area contributed by atoms with Crippen LogP contribution in [-0.4, -0.2) is 216 Å². The molecule has 4 fully saturated rings. The minimum atomic E-state index is -2.01. The SMILES string of the molecule is N[C@H]1C(O)O[C@H](CO)[C@@H](O[C@@H]2O[C@H](CO)[C@H](O[C@@H]3O[C@H](CO)[C@H](O[C@@H]4O[C@H](CO)[C@H](O)[C@H](O)[C@H]4O)[C@H](O)[C@H]3O)[C@H](O)[C@H]2O)[C@@H]1O. The predicted molar refractivity (Wildman–Crippen MR) is 136 cm³/mol. The summed E-state index contributed by atoms with van der Waals surface area (Å²) >= 11 is 0. The van der Waals surface area contributed by atoms with Crippen molar-refractivity contribution in [2.45, 2.75) is 123 Å². The second-order valence-electron chi connectivity index (χ2n) is 11.2. The van der Waals surface area contributed by atoms with Gasteiger partial charge in [0, 0.05) is 0 Å². The summed E-state index contributed by atoms with van der Waals surface area (Å²) in [5.74, 6) is 0. The Morgan fingerprint density at radius 3 is 1.13 bits per heavy atom. The molecule has 4 aliphatic heterocycles. The van der Waals surface area contributed by atoms with Crippen LogP contribution in [0, 0.1) is 0 Å². The topological polar surface area (TPSA) is 354 Å². The van der Waals surface area contributed by atoms with Gasteiger partial charge in [-0.2, -0.15) is 0 Å². The van der Waals surface area contributed by atoms with Gasteiger partial charge in [-0.05, 0) is 0 Å². The van der Waals surface area contributed by atoms with E-state index in [1.807, 2.05) is 0 Å². The zero-order valence-corrected chi connectivity index (χ0v) is 23.6. The maximum Gasteiger partial charge on any atom is 0.187 e. The monoisotopic (exact) mass is 665 g/mol. The fourth-order valence-corrected chi connectivity index (χ4v) is 5.58. The fraction of sp³-hybridized carbons (Fsp3) is 1.00. The second-order valence-corrected chi connectivity index (χ2v) is 11.2. The first-order valence-electron chi connectivity index (χ1n) is 14.2. The third-order valence-electron chi connectivity index (χ3n) is 8.28. The van der Waals surface area contributed by atoms with E-state index in [9.17, 15) is 66.4 Å². The summed E-state index contributed by atoms with van der Waals surface area (Å²) in [4.78, 5) is 0. The zero-order chi connectivity index (χ0) is 33.3. The van der Waals surface area contributed by atoms with E-state index in [-0.39, 0.29) is 0 Å². The summed E-state index contributed by atoms with van der Waals surface area (Å²) < 4.78 is 38.0. The van der Waals surface area contributed by atoms with Crippen molar-refractivity contribution in [3.8, 4) is 0 Å². The maximum atomic E-state index is 10.9. The summed E-state index contributed by atoms with van der Waals surface area (Å²) in [6.07, 6.45) is -32.5. The second kappa shape index (κ2) is 15.6. The molecule has 0 saturated carbocycles. The minimum Gasteiger partial charge on any atom is -0.394 e. The average Bonchev–Trinajstić information content (AvgIpc) is 3.03. The molecule has 264 valence electrons. The molecule has 0 aliphatic carbocycles. The fourth-order valence-electron chi connectivity index (χ4n) is 5.58. The van der Waals surface area contributed by atoms with Crippen LogP contribution in [0.3, 0.4) is 0 Å². The standard InChI is InChI=1S/C24H43NO20/c25-9-11(31)18(6(2-27)39-21(9)38)43-23-16(36)13(33)20(8(4-29)41-23)45-24-17(37)14(34)19(7(3-28)42-24)44-22-15(35)12(32)10(30)5(1-26)40-22/h5-24,26-38H,1-4,25H2/t5-,6-,7-,8-,9-,10+,11-,12+,13-,14-,15-,16-,17-,18-,19+,20+,21?,22+,23+,24+/m1/s1. The molecular weight excluding hydrogens is 622 g/mol. The molecule has 20 atom stereocenters. The molecule has 0 radical (unpaired) electrons. The summed E-state index contributed by atoms with van der Waals surface area (Å²) in [5.41, 5.74) is 5.68. The van der Waals surface area contributed by atoms with E-state index in [2.05, 4.69) is 0 Å². The van der Waals surface area contributed by atoms with E-state index in [0.29, 0.717) is 0 Å². The van der Waals surface area contributed by atoms with E-state index in [0.717, 1.165) is 0 Å². The van der Waals surface area contributed by atoms with Gasteiger partial charge in [0.25, 0.3) is 0 Å². The normalized spacial score (nSPS) is 52.9. The lowest BCUT2D eigenvalue weighted by Gasteiger charge is -2.49. The third-order valence-corrected chi connectivity index (χ3v) is 8.28. The maximum absolute atomic E-state index is 10.9. The molecule has 0 spiro atoms. The molecule has 45 heavy (non-hydrogen) atoms. The Kier molecular flexibility index (Phi) is 12.8. The Morgan fingerprint density at radius 2 is 0.733 bits per heavy atom. The van der Waals surface area contributed by atoms with Crippen LogP contribution >= 0.6 is 0 Å².